The molecule has 1 aliphatic rings. The number of anilines is 2. The molecule has 6 nitrogen and oxygen atoms in total. The lowest BCUT2D eigenvalue weighted by Crippen LogP contribution is -2.54. The number of carbonyl (C=O) groups excluding carboxylic acids is 1. The van der Waals surface area contributed by atoms with Crippen LogP contribution >= 0.6 is 0 Å². The van der Waals surface area contributed by atoms with E-state index in [0.29, 0.717) is 17.1 Å². The number of benzene rings is 2. The molecule has 1 saturated heterocycles. The van der Waals surface area contributed by atoms with Crippen molar-refractivity contribution >= 4 is 17.3 Å². The smallest absolute Gasteiger partial charge is 0.279 e. The number of aryl methyl sites for hydroxylation is 4. The van der Waals surface area contributed by atoms with Crippen LogP contribution in [0.4, 0.5) is 11.4 Å². The number of para-hydroxylation sites is 2. The number of unbranched alkanes of at least 4 members (excludes halogenated alkanes) is 5. The molecule has 1 fully saturated rings. The van der Waals surface area contributed by atoms with Gasteiger partial charge in [-0.3, -0.25) is 14.2 Å². The van der Waals surface area contributed by atoms with Gasteiger partial charge in [0.25, 0.3) is 5.91 Å². The Labute approximate surface area is 262 Å². The van der Waals surface area contributed by atoms with Crippen LogP contribution in [-0.4, -0.2) is 65.9 Å². The van der Waals surface area contributed by atoms with Crippen molar-refractivity contribution in [3.05, 3.63) is 70.9 Å². The number of rotatable bonds is 18. The van der Waals surface area contributed by atoms with E-state index in [0.717, 1.165) is 100 Å². The van der Waals surface area contributed by atoms with Crippen molar-refractivity contribution in [2.75, 3.05) is 50.1 Å². The van der Waals surface area contributed by atoms with E-state index in [1.165, 1.54) is 29.7 Å². The summed E-state index contributed by atoms with van der Waals surface area (Å²) in [6.07, 6.45) is 11.4. The molecule has 0 spiro atoms. The van der Waals surface area contributed by atoms with E-state index >= 15 is 0 Å². The first-order valence-corrected chi connectivity index (χ1v) is 16.8. The summed E-state index contributed by atoms with van der Waals surface area (Å²) in [6.45, 7) is 19.3. The van der Waals surface area contributed by atoms with Crippen LogP contribution < -0.4 is 10.6 Å². The fourth-order valence-electron chi connectivity index (χ4n) is 6.68. The predicted octanol–water partition coefficient (Wildman–Crippen LogP) is 7.86. The average molecular weight is 592 g/mol. The monoisotopic (exact) mass is 591 g/mol. The number of likely N-dealkylation sites (tertiary alicyclic amines) is 1. The first-order chi connectivity index (χ1) is 20.7. The Morgan fingerprint density at radius 2 is 1.42 bits per heavy atom. The Balaban J connectivity index is 1.50. The molecule has 1 amide bonds. The summed E-state index contributed by atoms with van der Waals surface area (Å²) in [5.41, 5.74) is 7.89. The number of aliphatic hydroxyl groups excluding tert-OH is 1. The van der Waals surface area contributed by atoms with Gasteiger partial charge in [-0.15, -0.1) is 0 Å². The predicted molar refractivity (Wildman–Crippen MR) is 182 cm³/mol. The molecule has 3 N–H and O–H groups in total. The van der Waals surface area contributed by atoms with Crippen molar-refractivity contribution in [2.45, 2.75) is 105 Å². The second-order valence-corrected chi connectivity index (χ2v) is 13.0. The molecule has 2 aromatic rings. The lowest BCUT2D eigenvalue weighted by atomic mass is 9.98. The van der Waals surface area contributed by atoms with Crippen LogP contribution in [0.1, 0.15) is 93.4 Å². The van der Waals surface area contributed by atoms with E-state index in [4.69, 9.17) is 0 Å². The Kier molecular flexibility index (Phi) is 14.2. The summed E-state index contributed by atoms with van der Waals surface area (Å²) in [4.78, 5) is 15.8. The molecule has 1 aliphatic heterocycles. The third-order valence-corrected chi connectivity index (χ3v) is 9.37. The van der Waals surface area contributed by atoms with Crippen LogP contribution in [0.5, 0.6) is 0 Å². The van der Waals surface area contributed by atoms with Gasteiger partial charge in [0.1, 0.15) is 0 Å². The standard InChI is InChI=1S/C37H58N4O2/c1-7-8-14-25-41(28-42,27-35(43)39-37-31(4)20-17-21-32(37)5)26-15-10-9-12-23-40-24-13-11-22-34(40)33(6)38-36-29(2)18-16-19-30(36)3/h16-21,34,38,42H,6-15,22-28H2,1-5H3/p+1. The summed E-state index contributed by atoms with van der Waals surface area (Å²) in [5.74, 6) is -0.00572. The average Bonchev–Trinajstić information content (AvgIpc) is 2.99. The van der Waals surface area contributed by atoms with Crippen LogP contribution in [0.2, 0.25) is 0 Å². The number of quaternary nitrogens is 1. The molecular formula is C37H59N4O2+. The molecule has 0 aromatic heterocycles. The van der Waals surface area contributed by atoms with Gasteiger partial charge in [-0.2, -0.15) is 0 Å². The highest BCUT2D eigenvalue weighted by Crippen LogP contribution is 2.27. The number of aliphatic hydroxyl groups is 1. The van der Waals surface area contributed by atoms with Gasteiger partial charge in [0.2, 0.25) is 0 Å². The van der Waals surface area contributed by atoms with Crippen LogP contribution in [0.25, 0.3) is 0 Å². The second-order valence-electron chi connectivity index (χ2n) is 13.0. The quantitative estimate of drug-likeness (QED) is 0.0938. The molecular weight excluding hydrogens is 532 g/mol. The maximum Gasteiger partial charge on any atom is 0.279 e. The molecule has 0 radical (unpaired) electrons. The minimum absolute atomic E-state index is 0.00572. The molecule has 1 heterocycles. The highest BCUT2D eigenvalue weighted by atomic mass is 16.3. The van der Waals surface area contributed by atoms with Gasteiger partial charge in [0.05, 0.1) is 13.1 Å². The summed E-state index contributed by atoms with van der Waals surface area (Å²) >= 11 is 0. The van der Waals surface area contributed by atoms with Crippen LogP contribution in [-0.2, 0) is 4.79 Å². The zero-order chi connectivity index (χ0) is 31.2. The number of piperidine rings is 1. The first-order valence-electron chi connectivity index (χ1n) is 16.8. The molecule has 0 saturated carbocycles. The van der Waals surface area contributed by atoms with E-state index in [1.54, 1.807) is 0 Å². The number of nitrogens with zero attached hydrogens (tertiary/aromatic N) is 2. The van der Waals surface area contributed by atoms with E-state index < -0.39 is 0 Å². The maximum absolute atomic E-state index is 13.2. The lowest BCUT2D eigenvalue weighted by molar-refractivity contribution is -0.938. The normalized spacial score (nSPS) is 16.9. The van der Waals surface area contributed by atoms with E-state index in [2.05, 4.69) is 61.1 Å². The third-order valence-electron chi connectivity index (χ3n) is 9.37. The van der Waals surface area contributed by atoms with Crippen LogP contribution in [0.15, 0.2) is 48.7 Å². The Morgan fingerprint density at radius 3 is 2.00 bits per heavy atom. The number of carbonyl (C=O) groups is 1. The summed E-state index contributed by atoms with van der Waals surface area (Å²) < 4.78 is 0.453. The van der Waals surface area contributed by atoms with Crippen molar-refractivity contribution in [1.82, 2.24) is 4.90 Å². The molecule has 2 atom stereocenters. The molecule has 43 heavy (non-hydrogen) atoms. The second kappa shape index (κ2) is 17.6. The Morgan fingerprint density at radius 1 is 0.860 bits per heavy atom. The third kappa shape index (κ3) is 10.5. The van der Waals surface area contributed by atoms with Gasteiger partial charge < -0.3 is 15.7 Å². The minimum atomic E-state index is -0.00572. The summed E-state index contributed by atoms with van der Waals surface area (Å²) in [7, 11) is 0. The zero-order valence-electron chi connectivity index (χ0n) is 27.8. The molecule has 3 rings (SSSR count). The van der Waals surface area contributed by atoms with Crippen molar-refractivity contribution in [3.8, 4) is 0 Å². The highest BCUT2D eigenvalue weighted by Gasteiger charge is 2.30. The fraction of sp³-hybridized carbons (Fsp3) is 0.595. The molecule has 238 valence electrons. The topological polar surface area (TPSA) is 64.6 Å². The highest BCUT2D eigenvalue weighted by molar-refractivity contribution is 5.93. The minimum Gasteiger partial charge on any atom is -0.358 e. The Hall–Kier alpha value is -2.67. The van der Waals surface area contributed by atoms with Gasteiger partial charge in [-0.05, 0) is 108 Å². The van der Waals surface area contributed by atoms with Crippen LogP contribution in [0.3, 0.4) is 0 Å². The van der Waals surface area contributed by atoms with Gasteiger partial charge in [-0.25, -0.2) is 0 Å². The van der Waals surface area contributed by atoms with E-state index in [1.807, 2.05) is 32.0 Å². The first kappa shape index (κ1) is 34.8. The number of hydrogen-bond donors (Lipinski definition) is 3. The van der Waals surface area contributed by atoms with Crippen molar-refractivity contribution in [3.63, 3.8) is 0 Å². The summed E-state index contributed by atoms with van der Waals surface area (Å²) in [5, 5.41) is 17.4. The fourth-order valence-corrected chi connectivity index (χ4v) is 6.68. The number of hydrogen-bond acceptors (Lipinski definition) is 4. The van der Waals surface area contributed by atoms with E-state index in [9.17, 15) is 9.90 Å². The van der Waals surface area contributed by atoms with Crippen LogP contribution in [0, 0.1) is 27.7 Å². The SMILES string of the molecule is C=C(Nc1c(C)cccc1C)C1CCCCN1CCCCCC[N+](CO)(CCCCC)CC(=O)Nc1c(C)cccc1C. The van der Waals surface area contributed by atoms with Gasteiger partial charge in [0.15, 0.2) is 13.3 Å². The molecule has 6 heteroatoms. The number of amides is 1. The maximum atomic E-state index is 13.2. The van der Waals surface area contributed by atoms with Gasteiger partial charge in [0, 0.05) is 23.1 Å². The largest absolute Gasteiger partial charge is 0.358 e. The lowest BCUT2D eigenvalue weighted by Gasteiger charge is -2.37. The van der Waals surface area contributed by atoms with Gasteiger partial charge >= 0.3 is 0 Å². The van der Waals surface area contributed by atoms with E-state index in [-0.39, 0.29) is 12.6 Å². The van der Waals surface area contributed by atoms with Crippen molar-refractivity contribution < 1.29 is 14.4 Å². The number of nitrogens with one attached hydrogen (secondary N) is 2. The summed E-state index contributed by atoms with van der Waals surface area (Å²) in [6, 6.07) is 12.9. The van der Waals surface area contributed by atoms with Crippen molar-refractivity contribution in [1.29, 1.82) is 0 Å². The molecule has 2 aromatic carbocycles. The Bertz CT molecular complexity index is 1140. The molecule has 0 bridgehead atoms. The van der Waals surface area contributed by atoms with Gasteiger partial charge in [-0.1, -0.05) is 69.2 Å². The zero-order valence-corrected chi connectivity index (χ0v) is 27.8. The van der Waals surface area contributed by atoms with Crippen molar-refractivity contribution in [2.24, 2.45) is 0 Å². The molecule has 0 aliphatic carbocycles. The molecule has 2 unspecified atom stereocenters.